The zero-order valence-corrected chi connectivity index (χ0v) is 18.6. The number of ketones is 1. The van der Waals surface area contributed by atoms with Crippen LogP contribution in [0.25, 0.3) is 5.57 Å². The molecule has 0 aromatic heterocycles. The van der Waals surface area contributed by atoms with Gasteiger partial charge >= 0.3 is 0 Å². The number of nitrogens with zero attached hydrogens (tertiary/aromatic N) is 2. The summed E-state index contributed by atoms with van der Waals surface area (Å²) in [6.45, 7) is 7.14. The summed E-state index contributed by atoms with van der Waals surface area (Å²) < 4.78 is 6.33. The second-order valence-corrected chi connectivity index (χ2v) is 9.56. The molecule has 0 amide bonds. The molecule has 2 aromatic rings. The molecule has 0 saturated carbocycles. The number of benzene rings is 2. The van der Waals surface area contributed by atoms with Crippen LogP contribution in [-0.4, -0.2) is 48.1 Å². The van der Waals surface area contributed by atoms with Crippen molar-refractivity contribution < 1.29 is 14.6 Å². The Morgan fingerprint density at radius 1 is 1.16 bits per heavy atom. The van der Waals surface area contributed by atoms with Gasteiger partial charge in [0.25, 0.3) is 0 Å². The quantitative estimate of drug-likeness (QED) is 0.800. The number of hydrogen-bond donors (Lipinski definition) is 1. The Balaban J connectivity index is 1.42. The van der Waals surface area contributed by atoms with Crippen LogP contribution in [0.4, 0.5) is 0 Å². The average molecular weight is 429 g/mol. The molecule has 0 spiro atoms. The fraction of sp³-hybridized carbons (Fsp3) is 0.407. The standard InChI is InChI=1S/C27H28N2O3/c1-27(2)23-15-20(32-19-7-9-29(10-8-19)11-12-30)4-6-22(23)26(31)25-21-5-3-17(16-28)13-18(21)14-24(25)27/h3-6,13,15,19,30H,7-12,14H2,1-2H3. The van der Waals surface area contributed by atoms with Crippen LogP contribution in [0.2, 0.25) is 0 Å². The van der Waals surface area contributed by atoms with Crippen molar-refractivity contribution in [3.05, 3.63) is 69.8 Å². The van der Waals surface area contributed by atoms with E-state index in [1.54, 1.807) is 6.07 Å². The molecule has 3 aliphatic rings. The average Bonchev–Trinajstić information content (AvgIpc) is 3.19. The van der Waals surface area contributed by atoms with E-state index in [2.05, 4.69) is 30.9 Å². The number of β-amino-alcohol motifs (C(OH)–C–C–N with tert-alkyl or cyclic N) is 1. The maximum absolute atomic E-state index is 13.5. The molecule has 2 aromatic carbocycles. The van der Waals surface area contributed by atoms with Crippen LogP contribution in [0, 0.1) is 11.3 Å². The van der Waals surface area contributed by atoms with Gasteiger partial charge in [-0.2, -0.15) is 5.26 Å². The molecule has 0 radical (unpaired) electrons. The molecule has 0 bridgehead atoms. The second-order valence-electron chi connectivity index (χ2n) is 9.56. The van der Waals surface area contributed by atoms with Crippen LogP contribution in [0.15, 0.2) is 42.0 Å². The predicted octanol–water partition coefficient (Wildman–Crippen LogP) is 3.88. The molecule has 0 unspecified atom stereocenters. The number of ether oxygens (including phenoxy) is 1. The van der Waals surface area contributed by atoms with Crippen molar-refractivity contribution >= 4 is 11.4 Å². The highest BCUT2D eigenvalue weighted by Gasteiger charge is 2.43. The number of allylic oxidation sites excluding steroid dienone is 2. The van der Waals surface area contributed by atoms with Crippen LogP contribution in [0.3, 0.4) is 0 Å². The Hall–Kier alpha value is -2.94. The van der Waals surface area contributed by atoms with Crippen molar-refractivity contribution in [3.63, 3.8) is 0 Å². The molecule has 5 heteroatoms. The molecule has 5 rings (SSSR count). The number of Topliss-reactive ketones (excluding diaryl/α,β-unsaturated/α-hetero) is 1. The number of nitriles is 1. The number of carbonyl (C=O) groups excluding carboxylic acids is 1. The van der Waals surface area contributed by atoms with Gasteiger partial charge in [0.2, 0.25) is 0 Å². The maximum Gasteiger partial charge on any atom is 0.193 e. The lowest BCUT2D eigenvalue weighted by Gasteiger charge is -2.35. The van der Waals surface area contributed by atoms with Crippen molar-refractivity contribution in [1.82, 2.24) is 4.90 Å². The van der Waals surface area contributed by atoms with Gasteiger partial charge in [-0.1, -0.05) is 19.9 Å². The summed E-state index contributed by atoms with van der Waals surface area (Å²) in [4.78, 5) is 15.8. The number of piperidine rings is 1. The summed E-state index contributed by atoms with van der Waals surface area (Å²) in [5.41, 5.74) is 6.08. The Bertz CT molecular complexity index is 1160. The number of likely N-dealkylation sites (tertiary alicyclic amines) is 1. The lowest BCUT2D eigenvalue weighted by Crippen LogP contribution is -2.39. The summed E-state index contributed by atoms with van der Waals surface area (Å²) in [6.07, 6.45) is 2.73. The highest BCUT2D eigenvalue weighted by Crippen LogP contribution is 2.50. The molecule has 0 atom stereocenters. The molecule has 1 aliphatic heterocycles. The molecule has 1 N–H and O–H groups in total. The van der Waals surface area contributed by atoms with Crippen molar-refractivity contribution in [3.8, 4) is 11.8 Å². The fourth-order valence-corrected chi connectivity index (χ4v) is 5.48. The summed E-state index contributed by atoms with van der Waals surface area (Å²) in [6, 6.07) is 13.7. The van der Waals surface area contributed by atoms with Gasteiger partial charge in [-0.3, -0.25) is 4.79 Å². The van der Waals surface area contributed by atoms with Crippen molar-refractivity contribution in [2.24, 2.45) is 0 Å². The molecular weight excluding hydrogens is 400 g/mol. The van der Waals surface area contributed by atoms with Gasteiger partial charge in [0, 0.05) is 36.2 Å². The van der Waals surface area contributed by atoms with Crippen molar-refractivity contribution in [1.29, 1.82) is 5.26 Å². The number of carbonyl (C=O) groups is 1. The second kappa shape index (κ2) is 7.88. The predicted molar refractivity (Wildman–Crippen MR) is 123 cm³/mol. The minimum Gasteiger partial charge on any atom is -0.490 e. The van der Waals surface area contributed by atoms with E-state index < -0.39 is 0 Å². The number of fused-ring (bicyclic) bond motifs is 3. The molecule has 164 valence electrons. The van der Waals surface area contributed by atoms with E-state index in [9.17, 15) is 10.1 Å². The minimum atomic E-state index is -0.297. The first-order valence-corrected chi connectivity index (χ1v) is 11.4. The third kappa shape index (κ3) is 3.35. The van der Waals surface area contributed by atoms with E-state index in [0.29, 0.717) is 12.0 Å². The Morgan fingerprint density at radius 3 is 2.62 bits per heavy atom. The van der Waals surface area contributed by atoms with Crippen LogP contribution >= 0.6 is 0 Å². The Kier molecular flexibility index (Phi) is 5.16. The van der Waals surface area contributed by atoms with Crippen molar-refractivity contribution in [2.75, 3.05) is 26.2 Å². The minimum absolute atomic E-state index is 0.0710. The van der Waals surface area contributed by atoms with Gasteiger partial charge in [-0.05, 0) is 71.9 Å². The van der Waals surface area contributed by atoms with Crippen molar-refractivity contribution in [2.45, 2.75) is 44.6 Å². The third-order valence-corrected chi connectivity index (χ3v) is 7.32. The van der Waals surface area contributed by atoms with Gasteiger partial charge in [0.15, 0.2) is 5.78 Å². The lowest BCUT2D eigenvalue weighted by molar-refractivity contribution is 0.0887. The Morgan fingerprint density at radius 2 is 1.91 bits per heavy atom. The highest BCUT2D eigenvalue weighted by molar-refractivity contribution is 6.33. The number of aliphatic hydroxyl groups excluding tert-OH is 1. The molecule has 1 saturated heterocycles. The van der Waals surface area contributed by atoms with E-state index in [0.717, 1.165) is 71.6 Å². The molecule has 1 fully saturated rings. The van der Waals surface area contributed by atoms with E-state index >= 15 is 0 Å². The topological polar surface area (TPSA) is 73.6 Å². The first-order valence-electron chi connectivity index (χ1n) is 11.4. The van der Waals surface area contributed by atoms with Crippen LogP contribution < -0.4 is 4.74 Å². The number of rotatable bonds is 4. The van der Waals surface area contributed by atoms with Crippen LogP contribution in [0.5, 0.6) is 5.75 Å². The smallest absolute Gasteiger partial charge is 0.193 e. The van der Waals surface area contributed by atoms with Crippen LogP contribution in [0.1, 0.15) is 59.3 Å². The van der Waals surface area contributed by atoms with E-state index in [1.807, 2.05) is 24.3 Å². The third-order valence-electron chi connectivity index (χ3n) is 7.32. The molecule has 5 nitrogen and oxygen atoms in total. The number of aliphatic hydroxyl groups is 1. The van der Waals surface area contributed by atoms with Gasteiger partial charge in [0.1, 0.15) is 11.9 Å². The van der Waals surface area contributed by atoms with E-state index in [4.69, 9.17) is 9.84 Å². The molecule has 32 heavy (non-hydrogen) atoms. The normalized spacial score (nSPS) is 19.9. The van der Waals surface area contributed by atoms with E-state index in [1.165, 1.54) is 0 Å². The monoisotopic (exact) mass is 428 g/mol. The first-order chi connectivity index (χ1) is 15.4. The molecular formula is C27H28N2O3. The SMILES string of the molecule is CC1(C)C2=C(C(=O)c3ccc(OC4CCN(CCO)CC4)cc31)c1ccc(C#N)cc1C2. The molecule has 2 aliphatic carbocycles. The lowest BCUT2D eigenvalue weighted by atomic mass is 9.68. The summed E-state index contributed by atoms with van der Waals surface area (Å²) >= 11 is 0. The fourth-order valence-electron chi connectivity index (χ4n) is 5.48. The summed E-state index contributed by atoms with van der Waals surface area (Å²) in [5.74, 6) is 0.887. The maximum atomic E-state index is 13.5. The zero-order valence-electron chi connectivity index (χ0n) is 18.6. The van der Waals surface area contributed by atoms with Gasteiger partial charge in [0.05, 0.1) is 18.2 Å². The largest absolute Gasteiger partial charge is 0.490 e. The van der Waals surface area contributed by atoms with Gasteiger partial charge in [-0.25, -0.2) is 0 Å². The highest BCUT2D eigenvalue weighted by atomic mass is 16.5. The van der Waals surface area contributed by atoms with Crippen LogP contribution in [-0.2, 0) is 11.8 Å². The van der Waals surface area contributed by atoms with E-state index in [-0.39, 0.29) is 23.9 Å². The summed E-state index contributed by atoms with van der Waals surface area (Å²) in [7, 11) is 0. The number of hydrogen-bond acceptors (Lipinski definition) is 5. The first kappa shape index (κ1) is 20.9. The van der Waals surface area contributed by atoms with Gasteiger partial charge < -0.3 is 14.7 Å². The van der Waals surface area contributed by atoms with Gasteiger partial charge in [-0.15, -0.1) is 0 Å². The molecule has 1 heterocycles. The summed E-state index contributed by atoms with van der Waals surface area (Å²) in [5, 5.41) is 18.4. The zero-order chi connectivity index (χ0) is 22.5. The Labute approximate surface area is 188 Å².